The molecule has 0 aliphatic heterocycles. The second kappa shape index (κ2) is 2.85. The molecule has 2 saturated carbocycles. The second-order valence-corrected chi connectivity index (χ2v) is 5.74. The average molecular weight is 218 g/mol. The zero-order chi connectivity index (χ0) is 11.6. The fourth-order valence-corrected chi connectivity index (χ4v) is 5.06. The number of carbonyl (C=O) groups is 2. The first-order valence-corrected chi connectivity index (χ1v) is 6.26. The van der Waals surface area contributed by atoms with Gasteiger partial charge in [0.1, 0.15) is 11.6 Å². The van der Waals surface area contributed by atoms with E-state index in [1.165, 1.54) is 0 Å². The highest BCUT2D eigenvalue weighted by Gasteiger charge is 2.71. The monoisotopic (exact) mass is 218 g/mol. The van der Waals surface area contributed by atoms with Gasteiger partial charge in [0.25, 0.3) is 0 Å². The van der Waals surface area contributed by atoms with Gasteiger partial charge >= 0.3 is 0 Å². The Balaban J connectivity index is 2.23. The van der Waals surface area contributed by atoms with E-state index in [0.717, 1.165) is 25.7 Å². The molecule has 16 heavy (non-hydrogen) atoms. The van der Waals surface area contributed by atoms with Crippen LogP contribution >= 0.6 is 0 Å². The lowest BCUT2D eigenvalue weighted by molar-refractivity contribution is -0.145. The summed E-state index contributed by atoms with van der Waals surface area (Å²) >= 11 is 0. The third-order valence-corrected chi connectivity index (χ3v) is 5.54. The molecule has 4 atom stereocenters. The highest BCUT2D eigenvalue weighted by molar-refractivity contribution is 5.96. The Bertz CT molecular complexity index is 373. The van der Waals surface area contributed by atoms with Crippen molar-refractivity contribution in [2.75, 3.05) is 0 Å². The van der Waals surface area contributed by atoms with Crippen LogP contribution in [0.25, 0.3) is 0 Å². The van der Waals surface area contributed by atoms with Crippen LogP contribution in [0.3, 0.4) is 0 Å². The molecule has 0 aromatic carbocycles. The average Bonchev–Trinajstić information content (AvgIpc) is 2.88. The Hall–Kier alpha value is -0.920. The van der Waals surface area contributed by atoms with E-state index in [4.69, 9.17) is 0 Å². The van der Waals surface area contributed by atoms with E-state index in [-0.39, 0.29) is 22.4 Å². The maximum absolute atomic E-state index is 12.2. The lowest BCUT2D eigenvalue weighted by Crippen LogP contribution is -2.50. The first-order chi connectivity index (χ1) is 7.55. The van der Waals surface area contributed by atoms with Crippen molar-refractivity contribution in [3.05, 3.63) is 12.2 Å². The van der Waals surface area contributed by atoms with Crippen LogP contribution in [0, 0.1) is 22.7 Å². The summed E-state index contributed by atoms with van der Waals surface area (Å²) in [6.07, 6.45) is 8.30. The van der Waals surface area contributed by atoms with E-state index in [0.29, 0.717) is 11.8 Å². The van der Waals surface area contributed by atoms with Crippen molar-refractivity contribution in [1.29, 1.82) is 0 Å². The van der Waals surface area contributed by atoms with Gasteiger partial charge in [0.05, 0.1) is 0 Å². The van der Waals surface area contributed by atoms with Crippen LogP contribution in [0.15, 0.2) is 12.2 Å². The maximum Gasteiger partial charge on any atom is 0.137 e. The van der Waals surface area contributed by atoms with E-state index < -0.39 is 0 Å². The Morgan fingerprint density at radius 3 is 1.81 bits per heavy atom. The molecule has 2 nitrogen and oxygen atoms in total. The third-order valence-electron chi connectivity index (χ3n) is 5.54. The number of hydrogen-bond acceptors (Lipinski definition) is 2. The Labute approximate surface area is 96.1 Å². The smallest absolute Gasteiger partial charge is 0.137 e. The van der Waals surface area contributed by atoms with Gasteiger partial charge in [-0.15, -0.1) is 0 Å². The summed E-state index contributed by atoms with van der Waals surface area (Å²) in [6.45, 7) is 3.38. The standard InChI is InChI=1S/C14H18O2/c1-9(15)13-6-3-7-14(13,10(2)16)12-5-4-11(13)8-12/h4-5,11-12H,3,6-8H2,1-2H3/t11-,12+,13-,14+. The summed E-state index contributed by atoms with van der Waals surface area (Å²) in [5.41, 5.74) is -0.670. The van der Waals surface area contributed by atoms with Gasteiger partial charge < -0.3 is 0 Å². The van der Waals surface area contributed by atoms with E-state index in [1.807, 2.05) is 0 Å². The SMILES string of the molecule is CC(=O)[C@]12CCC[C@@]1(C(C)=O)[C@@H]1C=C[C@H]2C1. The van der Waals surface area contributed by atoms with Crippen molar-refractivity contribution < 1.29 is 9.59 Å². The number of ketones is 2. The highest BCUT2D eigenvalue weighted by atomic mass is 16.1. The molecule has 2 fully saturated rings. The summed E-state index contributed by atoms with van der Waals surface area (Å²) in [7, 11) is 0. The summed E-state index contributed by atoms with van der Waals surface area (Å²) in [6, 6.07) is 0. The molecule has 3 aliphatic carbocycles. The first-order valence-electron chi connectivity index (χ1n) is 6.26. The molecule has 0 N–H and O–H groups in total. The van der Waals surface area contributed by atoms with Crippen LogP contribution in [0.5, 0.6) is 0 Å². The van der Waals surface area contributed by atoms with Crippen LogP contribution in [-0.4, -0.2) is 11.6 Å². The number of Topliss-reactive ketones (excluding diaryl/α,β-unsaturated/α-hetero) is 2. The molecule has 0 aromatic rings. The van der Waals surface area contributed by atoms with E-state index in [2.05, 4.69) is 12.2 Å². The fraction of sp³-hybridized carbons (Fsp3) is 0.714. The Morgan fingerprint density at radius 1 is 1.00 bits per heavy atom. The number of carbonyl (C=O) groups excluding carboxylic acids is 2. The summed E-state index contributed by atoms with van der Waals surface area (Å²) in [5.74, 6) is 1.16. The molecule has 0 amide bonds. The molecule has 0 unspecified atom stereocenters. The van der Waals surface area contributed by atoms with Gasteiger partial charge in [-0.2, -0.15) is 0 Å². The molecule has 0 saturated heterocycles. The van der Waals surface area contributed by atoms with Gasteiger partial charge in [-0.25, -0.2) is 0 Å². The molecule has 3 rings (SSSR count). The Kier molecular flexibility index (Phi) is 1.82. The van der Waals surface area contributed by atoms with Crippen molar-refractivity contribution in [1.82, 2.24) is 0 Å². The molecule has 0 radical (unpaired) electrons. The van der Waals surface area contributed by atoms with Crippen molar-refractivity contribution in [3.8, 4) is 0 Å². The highest BCUT2D eigenvalue weighted by Crippen LogP contribution is 2.71. The molecular formula is C14H18O2. The fourth-order valence-electron chi connectivity index (χ4n) is 5.06. The van der Waals surface area contributed by atoms with Gasteiger partial charge in [0, 0.05) is 10.8 Å². The van der Waals surface area contributed by atoms with Crippen LogP contribution in [-0.2, 0) is 9.59 Å². The van der Waals surface area contributed by atoms with Gasteiger partial charge in [-0.1, -0.05) is 18.6 Å². The van der Waals surface area contributed by atoms with E-state index in [9.17, 15) is 9.59 Å². The lowest BCUT2D eigenvalue weighted by atomic mass is 9.56. The minimum absolute atomic E-state index is 0.247. The quantitative estimate of drug-likeness (QED) is 0.667. The molecular weight excluding hydrogens is 200 g/mol. The van der Waals surface area contributed by atoms with Gasteiger partial charge in [0.2, 0.25) is 0 Å². The number of hydrogen-bond donors (Lipinski definition) is 0. The molecule has 2 heteroatoms. The van der Waals surface area contributed by atoms with Crippen molar-refractivity contribution in [2.24, 2.45) is 22.7 Å². The first kappa shape index (κ1) is 10.2. The summed E-state index contributed by atoms with van der Waals surface area (Å²) < 4.78 is 0. The number of rotatable bonds is 2. The molecule has 3 aliphatic rings. The predicted molar refractivity (Wildman–Crippen MR) is 60.8 cm³/mol. The van der Waals surface area contributed by atoms with Crippen LogP contribution in [0.1, 0.15) is 39.5 Å². The number of allylic oxidation sites excluding steroid dienone is 2. The molecule has 2 bridgehead atoms. The zero-order valence-corrected chi connectivity index (χ0v) is 9.95. The van der Waals surface area contributed by atoms with Crippen LogP contribution in [0.2, 0.25) is 0 Å². The minimum atomic E-state index is -0.335. The predicted octanol–water partition coefficient (Wildman–Crippen LogP) is 2.53. The topological polar surface area (TPSA) is 34.1 Å². The van der Waals surface area contributed by atoms with Crippen LogP contribution in [0.4, 0.5) is 0 Å². The lowest BCUT2D eigenvalue weighted by Gasteiger charge is -2.44. The van der Waals surface area contributed by atoms with Crippen molar-refractivity contribution >= 4 is 11.6 Å². The van der Waals surface area contributed by atoms with Gasteiger partial charge in [-0.3, -0.25) is 9.59 Å². The van der Waals surface area contributed by atoms with Gasteiger partial charge in [0.15, 0.2) is 0 Å². The van der Waals surface area contributed by atoms with E-state index >= 15 is 0 Å². The summed E-state index contributed by atoms with van der Waals surface area (Å²) in [4.78, 5) is 24.3. The normalized spacial score (nSPS) is 48.4. The molecule has 0 aromatic heterocycles. The Morgan fingerprint density at radius 2 is 1.44 bits per heavy atom. The summed E-state index contributed by atoms with van der Waals surface area (Å²) in [5, 5.41) is 0. The molecule has 0 heterocycles. The minimum Gasteiger partial charge on any atom is -0.299 e. The largest absolute Gasteiger partial charge is 0.299 e. The maximum atomic E-state index is 12.2. The van der Waals surface area contributed by atoms with Gasteiger partial charge in [-0.05, 0) is 44.9 Å². The van der Waals surface area contributed by atoms with E-state index in [1.54, 1.807) is 13.8 Å². The van der Waals surface area contributed by atoms with Crippen molar-refractivity contribution in [2.45, 2.75) is 39.5 Å². The zero-order valence-electron chi connectivity index (χ0n) is 9.95. The molecule has 86 valence electrons. The molecule has 0 spiro atoms. The van der Waals surface area contributed by atoms with Crippen molar-refractivity contribution in [3.63, 3.8) is 0 Å². The second-order valence-electron chi connectivity index (χ2n) is 5.74. The van der Waals surface area contributed by atoms with Crippen LogP contribution < -0.4 is 0 Å². The third kappa shape index (κ3) is 0.792. The number of fused-ring (bicyclic) bond motifs is 5.